The lowest BCUT2D eigenvalue weighted by atomic mass is 9.74. The number of nitrogens with one attached hydrogen (secondary N) is 2. The van der Waals surface area contributed by atoms with Crippen LogP contribution in [0.4, 0.5) is 0 Å². The van der Waals surface area contributed by atoms with E-state index in [1.807, 2.05) is 0 Å². The highest BCUT2D eigenvalue weighted by Crippen LogP contribution is 2.31. The van der Waals surface area contributed by atoms with Crippen LogP contribution in [-0.2, 0) is 0 Å². The fourth-order valence-electron chi connectivity index (χ4n) is 2.58. The van der Waals surface area contributed by atoms with E-state index in [9.17, 15) is 0 Å². The van der Waals surface area contributed by atoms with E-state index >= 15 is 0 Å². The Bertz CT molecular complexity index is 234. The largest absolute Gasteiger partial charge is 0.316 e. The van der Waals surface area contributed by atoms with Crippen molar-refractivity contribution in [3.8, 4) is 0 Å². The van der Waals surface area contributed by atoms with E-state index in [1.54, 1.807) is 0 Å². The molecule has 0 amide bonds. The SMILES string of the molecule is CC(CNCC(C)(C)C1CCCNC1)C(C)(C)C. The molecule has 2 nitrogen and oxygen atoms in total. The average molecular weight is 254 g/mol. The summed E-state index contributed by atoms with van der Waals surface area (Å²) in [5.41, 5.74) is 0.814. The Morgan fingerprint density at radius 2 is 1.89 bits per heavy atom. The molecular weight excluding hydrogens is 220 g/mol. The lowest BCUT2D eigenvalue weighted by molar-refractivity contribution is 0.158. The van der Waals surface area contributed by atoms with Crippen LogP contribution in [0.15, 0.2) is 0 Å². The Hall–Kier alpha value is -0.0800. The smallest absolute Gasteiger partial charge is 0.000576 e. The van der Waals surface area contributed by atoms with Gasteiger partial charge in [-0.1, -0.05) is 41.5 Å². The van der Waals surface area contributed by atoms with Crippen LogP contribution in [0.1, 0.15) is 54.4 Å². The van der Waals surface area contributed by atoms with Crippen molar-refractivity contribution in [3.05, 3.63) is 0 Å². The van der Waals surface area contributed by atoms with E-state index in [0.717, 1.165) is 24.9 Å². The van der Waals surface area contributed by atoms with E-state index in [-0.39, 0.29) is 0 Å². The molecule has 18 heavy (non-hydrogen) atoms. The standard InChI is InChI=1S/C16H34N2/c1-13(15(2,3)4)10-18-12-16(5,6)14-8-7-9-17-11-14/h13-14,17-18H,7-12H2,1-6H3. The number of hydrogen-bond acceptors (Lipinski definition) is 2. The topological polar surface area (TPSA) is 24.1 Å². The van der Waals surface area contributed by atoms with Crippen molar-refractivity contribution in [1.82, 2.24) is 10.6 Å². The maximum absolute atomic E-state index is 3.70. The highest BCUT2D eigenvalue weighted by atomic mass is 14.9. The maximum atomic E-state index is 3.70. The summed E-state index contributed by atoms with van der Waals surface area (Å²) in [6.45, 7) is 18.8. The summed E-state index contributed by atoms with van der Waals surface area (Å²) < 4.78 is 0. The average Bonchev–Trinajstić information content (AvgIpc) is 2.28. The Labute approximate surface area is 114 Å². The summed E-state index contributed by atoms with van der Waals surface area (Å²) in [6, 6.07) is 0. The van der Waals surface area contributed by atoms with Gasteiger partial charge in [0.2, 0.25) is 0 Å². The predicted molar refractivity (Wildman–Crippen MR) is 80.9 cm³/mol. The van der Waals surface area contributed by atoms with Gasteiger partial charge in [-0.3, -0.25) is 0 Å². The fraction of sp³-hybridized carbons (Fsp3) is 1.00. The Morgan fingerprint density at radius 3 is 2.39 bits per heavy atom. The first-order valence-corrected chi connectivity index (χ1v) is 7.65. The molecule has 0 bridgehead atoms. The molecule has 1 aliphatic rings. The van der Waals surface area contributed by atoms with Gasteiger partial charge in [-0.05, 0) is 55.1 Å². The Balaban J connectivity index is 2.32. The third-order valence-electron chi connectivity index (χ3n) is 4.91. The van der Waals surface area contributed by atoms with Crippen molar-refractivity contribution >= 4 is 0 Å². The highest BCUT2D eigenvalue weighted by molar-refractivity contribution is 4.85. The van der Waals surface area contributed by atoms with Crippen LogP contribution < -0.4 is 10.6 Å². The van der Waals surface area contributed by atoms with Crippen molar-refractivity contribution in [3.63, 3.8) is 0 Å². The van der Waals surface area contributed by atoms with Crippen molar-refractivity contribution in [1.29, 1.82) is 0 Å². The van der Waals surface area contributed by atoms with Crippen molar-refractivity contribution in [2.24, 2.45) is 22.7 Å². The van der Waals surface area contributed by atoms with E-state index in [1.165, 1.54) is 25.9 Å². The summed E-state index contributed by atoms with van der Waals surface area (Å²) in [5, 5.41) is 7.24. The molecule has 2 heteroatoms. The minimum Gasteiger partial charge on any atom is -0.316 e. The van der Waals surface area contributed by atoms with Crippen LogP contribution in [-0.4, -0.2) is 26.2 Å². The molecule has 0 aromatic rings. The predicted octanol–water partition coefficient (Wildman–Crippen LogP) is 3.28. The molecule has 0 aromatic carbocycles. The van der Waals surface area contributed by atoms with Gasteiger partial charge in [-0.25, -0.2) is 0 Å². The first kappa shape index (κ1) is 16.0. The molecule has 108 valence electrons. The molecule has 1 heterocycles. The van der Waals surface area contributed by atoms with E-state index in [2.05, 4.69) is 52.2 Å². The summed E-state index contributed by atoms with van der Waals surface area (Å²) in [4.78, 5) is 0. The van der Waals surface area contributed by atoms with Crippen LogP contribution in [0.3, 0.4) is 0 Å². The van der Waals surface area contributed by atoms with Gasteiger partial charge in [0.1, 0.15) is 0 Å². The Morgan fingerprint density at radius 1 is 1.22 bits per heavy atom. The van der Waals surface area contributed by atoms with Gasteiger partial charge in [0.15, 0.2) is 0 Å². The van der Waals surface area contributed by atoms with Gasteiger partial charge in [0.05, 0.1) is 0 Å². The zero-order valence-electron chi connectivity index (χ0n) is 13.4. The third-order valence-corrected chi connectivity index (χ3v) is 4.91. The summed E-state index contributed by atoms with van der Waals surface area (Å²) in [5.74, 6) is 1.54. The molecule has 0 aliphatic carbocycles. The van der Waals surface area contributed by atoms with E-state index in [4.69, 9.17) is 0 Å². The van der Waals surface area contributed by atoms with Gasteiger partial charge in [-0.2, -0.15) is 0 Å². The molecule has 0 aromatic heterocycles. The molecule has 2 N–H and O–H groups in total. The second-order valence-corrected chi connectivity index (χ2v) is 7.93. The first-order chi connectivity index (χ1) is 8.23. The number of rotatable bonds is 5. The second kappa shape index (κ2) is 6.38. The van der Waals surface area contributed by atoms with Gasteiger partial charge >= 0.3 is 0 Å². The summed E-state index contributed by atoms with van der Waals surface area (Å²) in [6.07, 6.45) is 2.73. The first-order valence-electron chi connectivity index (χ1n) is 7.65. The number of hydrogen-bond donors (Lipinski definition) is 2. The van der Waals surface area contributed by atoms with Crippen LogP contribution in [0.25, 0.3) is 0 Å². The van der Waals surface area contributed by atoms with E-state index in [0.29, 0.717) is 10.8 Å². The summed E-state index contributed by atoms with van der Waals surface area (Å²) in [7, 11) is 0. The van der Waals surface area contributed by atoms with Crippen LogP contribution in [0.5, 0.6) is 0 Å². The third kappa shape index (κ3) is 4.89. The molecular formula is C16H34N2. The molecule has 1 rings (SSSR count). The normalized spacial score (nSPS) is 24.0. The zero-order valence-corrected chi connectivity index (χ0v) is 13.4. The molecule has 2 atom stereocenters. The monoisotopic (exact) mass is 254 g/mol. The Kier molecular flexibility index (Phi) is 5.67. The molecule has 2 unspecified atom stereocenters. The molecule has 1 aliphatic heterocycles. The molecule has 0 saturated carbocycles. The van der Waals surface area contributed by atoms with Crippen LogP contribution in [0.2, 0.25) is 0 Å². The fourth-order valence-corrected chi connectivity index (χ4v) is 2.58. The number of piperidine rings is 1. The lowest BCUT2D eigenvalue weighted by Gasteiger charge is -2.38. The van der Waals surface area contributed by atoms with Crippen LogP contribution in [0, 0.1) is 22.7 Å². The van der Waals surface area contributed by atoms with Gasteiger partial charge in [0, 0.05) is 6.54 Å². The summed E-state index contributed by atoms with van der Waals surface area (Å²) >= 11 is 0. The minimum absolute atomic E-state index is 0.406. The maximum Gasteiger partial charge on any atom is 0.000576 e. The zero-order chi connectivity index (χ0) is 13.8. The van der Waals surface area contributed by atoms with Gasteiger partial charge in [0.25, 0.3) is 0 Å². The van der Waals surface area contributed by atoms with Crippen molar-refractivity contribution < 1.29 is 0 Å². The lowest BCUT2D eigenvalue weighted by Crippen LogP contribution is -2.44. The van der Waals surface area contributed by atoms with Gasteiger partial charge in [-0.15, -0.1) is 0 Å². The van der Waals surface area contributed by atoms with Crippen molar-refractivity contribution in [2.75, 3.05) is 26.2 Å². The minimum atomic E-state index is 0.406. The highest BCUT2D eigenvalue weighted by Gasteiger charge is 2.30. The molecule has 0 radical (unpaired) electrons. The molecule has 1 fully saturated rings. The van der Waals surface area contributed by atoms with Gasteiger partial charge < -0.3 is 10.6 Å². The van der Waals surface area contributed by atoms with E-state index < -0.39 is 0 Å². The molecule has 0 spiro atoms. The molecule has 1 saturated heterocycles. The van der Waals surface area contributed by atoms with Crippen molar-refractivity contribution in [2.45, 2.75) is 54.4 Å². The second-order valence-electron chi connectivity index (χ2n) is 7.93. The quantitative estimate of drug-likeness (QED) is 0.787. The van der Waals surface area contributed by atoms with Crippen LogP contribution >= 0.6 is 0 Å².